The third-order valence-electron chi connectivity index (χ3n) is 3.97. The average molecular weight is 281 g/mol. The van der Waals surface area contributed by atoms with E-state index in [0.29, 0.717) is 23.0 Å². The second kappa shape index (κ2) is 4.44. The molecular formula is C15H15N5O. The summed E-state index contributed by atoms with van der Waals surface area (Å²) in [5.74, 6) is 0.827. The maximum Gasteiger partial charge on any atom is 0.245 e. The Morgan fingerprint density at radius 2 is 2.05 bits per heavy atom. The van der Waals surface area contributed by atoms with Crippen molar-refractivity contribution in [2.24, 2.45) is 0 Å². The van der Waals surface area contributed by atoms with Crippen LogP contribution in [0.2, 0.25) is 0 Å². The molecule has 4 rings (SSSR count). The van der Waals surface area contributed by atoms with Crippen LogP contribution in [0.3, 0.4) is 0 Å². The van der Waals surface area contributed by atoms with Crippen LogP contribution in [0, 0.1) is 0 Å². The number of nitrogens with zero attached hydrogens (tertiary/aromatic N) is 4. The highest BCUT2D eigenvalue weighted by Crippen LogP contribution is 2.29. The van der Waals surface area contributed by atoms with Gasteiger partial charge in [0.25, 0.3) is 0 Å². The number of ether oxygens (including phenoxy) is 1. The summed E-state index contributed by atoms with van der Waals surface area (Å²) in [6.07, 6.45) is 4.96. The van der Waals surface area contributed by atoms with Gasteiger partial charge in [-0.15, -0.1) is 0 Å². The van der Waals surface area contributed by atoms with Crippen LogP contribution in [-0.2, 0) is 12.8 Å². The normalized spacial score (nSPS) is 13.6. The van der Waals surface area contributed by atoms with Gasteiger partial charge in [-0.1, -0.05) is 6.07 Å². The van der Waals surface area contributed by atoms with Gasteiger partial charge in [0.15, 0.2) is 11.2 Å². The van der Waals surface area contributed by atoms with Crippen molar-refractivity contribution in [3.63, 3.8) is 0 Å². The van der Waals surface area contributed by atoms with Gasteiger partial charge in [0.1, 0.15) is 6.33 Å². The summed E-state index contributed by atoms with van der Waals surface area (Å²) in [7, 11) is 1.56. The lowest BCUT2D eigenvalue weighted by molar-refractivity contribution is 0.401. The van der Waals surface area contributed by atoms with Crippen LogP contribution < -0.4 is 10.5 Å². The molecule has 21 heavy (non-hydrogen) atoms. The van der Waals surface area contributed by atoms with Crippen molar-refractivity contribution in [2.45, 2.75) is 19.3 Å². The van der Waals surface area contributed by atoms with E-state index in [1.54, 1.807) is 7.11 Å². The molecule has 0 radical (unpaired) electrons. The Morgan fingerprint density at radius 3 is 2.90 bits per heavy atom. The Hall–Kier alpha value is -2.63. The van der Waals surface area contributed by atoms with E-state index in [1.165, 1.54) is 23.9 Å². The van der Waals surface area contributed by atoms with Gasteiger partial charge in [0, 0.05) is 0 Å². The van der Waals surface area contributed by atoms with Gasteiger partial charge in [-0.2, -0.15) is 4.98 Å². The van der Waals surface area contributed by atoms with Crippen LogP contribution in [0.1, 0.15) is 17.5 Å². The summed E-state index contributed by atoms with van der Waals surface area (Å²) < 4.78 is 7.07. The van der Waals surface area contributed by atoms with E-state index >= 15 is 0 Å². The minimum atomic E-state index is 0.391. The summed E-state index contributed by atoms with van der Waals surface area (Å²) in [4.78, 5) is 12.7. The topological polar surface area (TPSA) is 78.8 Å². The van der Waals surface area contributed by atoms with E-state index < -0.39 is 0 Å². The molecule has 1 aliphatic rings. The molecule has 2 N–H and O–H groups in total. The number of aromatic nitrogens is 4. The molecule has 1 aromatic carbocycles. The molecule has 1 aliphatic carbocycles. The van der Waals surface area contributed by atoms with Crippen molar-refractivity contribution in [1.29, 1.82) is 0 Å². The molecule has 2 aromatic heterocycles. The van der Waals surface area contributed by atoms with Gasteiger partial charge in [-0.3, -0.25) is 4.57 Å². The molecule has 6 heteroatoms. The van der Waals surface area contributed by atoms with Crippen molar-refractivity contribution >= 4 is 17.1 Å². The first-order valence-corrected chi connectivity index (χ1v) is 6.93. The van der Waals surface area contributed by atoms with E-state index in [0.717, 1.165) is 18.5 Å². The number of nitrogens with two attached hydrogens (primary N) is 1. The maximum absolute atomic E-state index is 6.08. The lowest BCUT2D eigenvalue weighted by atomic mass is 10.1. The van der Waals surface area contributed by atoms with Crippen LogP contribution in [0.25, 0.3) is 16.9 Å². The number of rotatable bonds is 2. The van der Waals surface area contributed by atoms with Crippen LogP contribution in [0.15, 0.2) is 24.5 Å². The van der Waals surface area contributed by atoms with Crippen molar-refractivity contribution in [2.75, 3.05) is 12.8 Å². The SMILES string of the molecule is COc1ncnc2c1nc(N)n2-c1ccc2c(c1)CCC2. The Bertz CT molecular complexity index is 839. The number of aryl methyl sites for hydroxylation is 2. The lowest BCUT2D eigenvalue weighted by Gasteiger charge is -2.08. The minimum Gasteiger partial charge on any atom is -0.479 e. The molecule has 0 saturated carbocycles. The Morgan fingerprint density at radius 1 is 1.19 bits per heavy atom. The number of anilines is 1. The van der Waals surface area contributed by atoms with E-state index in [1.807, 2.05) is 4.57 Å². The molecule has 0 unspecified atom stereocenters. The molecule has 0 amide bonds. The van der Waals surface area contributed by atoms with Gasteiger partial charge in [0.05, 0.1) is 12.8 Å². The number of methoxy groups -OCH3 is 1. The highest BCUT2D eigenvalue weighted by molar-refractivity contribution is 5.81. The zero-order valence-corrected chi connectivity index (χ0v) is 11.7. The molecule has 0 fully saturated rings. The highest BCUT2D eigenvalue weighted by Gasteiger charge is 2.18. The molecule has 3 aromatic rings. The Balaban J connectivity index is 1.96. The van der Waals surface area contributed by atoms with Crippen LogP contribution in [0.4, 0.5) is 5.95 Å². The summed E-state index contributed by atoms with van der Waals surface area (Å²) in [6, 6.07) is 6.41. The van der Waals surface area contributed by atoms with E-state index in [4.69, 9.17) is 10.5 Å². The molecule has 106 valence electrons. The number of benzene rings is 1. The first-order valence-electron chi connectivity index (χ1n) is 6.93. The molecular weight excluding hydrogens is 266 g/mol. The summed E-state index contributed by atoms with van der Waals surface area (Å²) in [5.41, 5.74) is 11.1. The molecule has 6 nitrogen and oxygen atoms in total. The fraction of sp³-hybridized carbons (Fsp3) is 0.267. The number of fused-ring (bicyclic) bond motifs is 2. The van der Waals surface area contributed by atoms with Crippen molar-refractivity contribution in [3.05, 3.63) is 35.7 Å². The number of nitrogen functional groups attached to an aromatic ring is 1. The van der Waals surface area contributed by atoms with Crippen LogP contribution in [-0.4, -0.2) is 26.6 Å². The van der Waals surface area contributed by atoms with Crippen molar-refractivity contribution < 1.29 is 4.74 Å². The second-order valence-corrected chi connectivity index (χ2v) is 5.17. The second-order valence-electron chi connectivity index (χ2n) is 5.17. The monoisotopic (exact) mass is 281 g/mol. The summed E-state index contributed by atoms with van der Waals surface area (Å²) in [5, 5.41) is 0. The number of hydrogen-bond donors (Lipinski definition) is 1. The van der Waals surface area contributed by atoms with Gasteiger partial charge in [0.2, 0.25) is 11.8 Å². The zero-order chi connectivity index (χ0) is 14.4. The van der Waals surface area contributed by atoms with Crippen molar-refractivity contribution in [1.82, 2.24) is 19.5 Å². The van der Waals surface area contributed by atoms with Crippen LogP contribution >= 0.6 is 0 Å². The van der Waals surface area contributed by atoms with Crippen LogP contribution in [0.5, 0.6) is 5.88 Å². The standard InChI is InChI=1S/C15H15N5O/c1-21-14-12-13(17-8-18-14)20(15(16)19-12)11-6-5-9-3-2-4-10(9)7-11/h5-8H,2-4H2,1H3,(H2,16,19). The maximum atomic E-state index is 6.08. The predicted molar refractivity (Wildman–Crippen MR) is 79.6 cm³/mol. The first-order chi connectivity index (χ1) is 10.3. The number of imidazole rings is 1. The van der Waals surface area contributed by atoms with Gasteiger partial charge in [-0.25, -0.2) is 9.97 Å². The summed E-state index contributed by atoms with van der Waals surface area (Å²) in [6.45, 7) is 0. The molecule has 0 spiro atoms. The molecule has 0 atom stereocenters. The zero-order valence-electron chi connectivity index (χ0n) is 11.7. The minimum absolute atomic E-state index is 0.391. The van der Waals surface area contributed by atoms with Gasteiger partial charge in [-0.05, 0) is 42.5 Å². The van der Waals surface area contributed by atoms with E-state index in [2.05, 4.69) is 33.2 Å². The highest BCUT2D eigenvalue weighted by atomic mass is 16.5. The molecule has 0 saturated heterocycles. The predicted octanol–water partition coefficient (Wildman–Crippen LogP) is 1.89. The van der Waals surface area contributed by atoms with Gasteiger partial charge >= 0.3 is 0 Å². The lowest BCUT2D eigenvalue weighted by Crippen LogP contribution is -2.02. The fourth-order valence-electron chi connectivity index (χ4n) is 2.99. The first kappa shape index (κ1) is 12.1. The molecule has 2 heterocycles. The Kier molecular flexibility index (Phi) is 2.57. The third-order valence-corrected chi connectivity index (χ3v) is 3.97. The summed E-state index contributed by atoms with van der Waals surface area (Å²) >= 11 is 0. The average Bonchev–Trinajstić information content (AvgIpc) is 3.08. The molecule has 0 bridgehead atoms. The smallest absolute Gasteiger partial charge is 0.245 e. The third kappa shape index (κ3) is 1.75. The van der Waals surface area contributed by atoms with E-state index in [-0.39, 0.29) is 0 Å². The van der Waals surface area contributed by atoms with Crippen molar-refractivity contribution in [3.8, 4) is 11.6 Å². The fourth-order valence-corrected chi connectivity index (χ4v) is 2.99. The largest absolute Gasteiger partial charge is 0.479 e. The number of hydrogen-bond acceptors (Lipinski definition) is 5. The quantitative estimate of drug-likeness (QED) is 0.776. The molecule has 0 aliphatic heterocycles. The van der Waals surface area contributed by atoms with E-state index in [9.17, 15) is 0 Å². The Labute approximate surface area is 121 Å². The van der Waals surface area contributed by atoms with Gasteiger partial charge < -0.3 is 10.5 Å².